The number of fused-ring (bicyclic) bond motifs is 1. The molecule has 4 rings (SSSR count). The molecular weight excluding hydrogens is 516 g/mol. The maximum Gasteiger partial charge on any atom is 0.355 e. The number of benzene rings is 3. The summed E-state index contributed by atoms with van der Waals surface area (Å²) >= 11 is 6.26. The zero-order chi connectivity index (χ0) is 26.7. The molecule has 0 fully saturated rings. The van der Waals surface area contributed by atoms with Crippen LogP contribution in [-0.4, -0.2) is 55.7 Å². The second-order valence-electron chi connectivity index (χ2n) is 8.35. The molecule has 0 bridgehead atoms. The third kappa shape index (κ3) is 5.17. The van der Waals surface area contributed by atoms with Crippen molar-refractivity contribution in [1.29, 1.82) is 0 Å². The lowest BCUT2D eigenvalue weighted by Gasteiger charge is -2.20. The molecule has 10 heteroatoms. The number of likely N-dealkylation sites (N-methyl/N-ethyl adjacent to an activating group) is 1. The maximum atomic E-state index is 13.7. The lowest BCUT2D eigenvalue weighted by atomic mass is 9.99. The highest BCUT2D eigenvalue weighted by Crippen LogP contribution is 2.27. The number of hydrogen-bond donors (Lipinski definition) is 1. The molecule has 0 aliphatic rings. The Morgan fingerprint density at radius 3 is 2.35 bits per heavy atom. The van der Waals surface area contributed by atoms with Crippen molar-refractivity contribution in [2.45, 2.75) is 11.3 Å². The molecule has 0 saturated heterocycles. The monoisotopic (exact) mass is 540 g/mol. The summed E-state index contributed by atoms with van der Waals surface area (Å²) in [5.74, 6) is -0.692. The van der Waals surface area contributed by atoms with E-state index in [4.69, 9.17) is 21.4 Å². The predicted molar refractivity (Wildman–Crippen MR) is 142 cm³/mol. The molecule has 0 saturated carbocycles. The quantitative estimate of drug-likeness (QED) is 0.342. The number of nitrogens with zero attached hydrogens (tertiary/aromatic N) is 2. The van der Waals surface area contributed by atoms with Gasteiger partial charge in [0.2, 0.25) is 10.0 Å². The van der Waals surface area contributed by atoms with Crippen LogP contribution < -0.4 is 5.43 Å². The lowest BCUT2D eigenvalue weighted by molar-refractivity contribution is 0.0590. The Kier molecular flexibility index (Phi) is 7.79. The lowest BCUT2D eigenvalue weighted by Crippen LogP contribution is -2.29. The number of rotatable bonds is 8. The van der Waals surface area contributed by atoms with Crippen LogP contribution in [0, 0.1) is 0 Å². The first-order valence-corrected chi connectivity index (χ1v) is 13.2. The zero-order valence-electron chi connectivity index (χ0n) is 20.2. The first-order chi connectivity index (χ1) is 17.7. The van der Waals surface area contributed by atoms with Gasteiger partial charge in [-0.3, -0.25) is 4.79 Å². The third-order valence-corrected chi connectivity index (χ3v) is 8.16. The van der Waals surface area contributed by atoms with E-state index < -0.39 is 16.0 Å². The highest BCUT2D eigenvalue weighted by atomic mass is 35.5. The van der Waals surface area contributed by atoms with Crippen LogP contribution in [0.2, 0.25) is 5.02 Å². The molecule has 3 aromatic carbocycles. The van der Waals surface area contributed by atoms with Gasteiger partial charge >= 0.3 is 5.97 Å². The number of aromatic nitrogens is 1. The molecule has 0 aliphatic heterocycles. The SMILES string of the molecule is COC(=O)c1c(Cc2ccc(S(=O)(=O)N(C)CCO)cc2)c(=O)c2ccc(Cl)cc2n1-c1ccccc1. The Labute approximate surface area is 219 Å². The van der Waals surface area contributed by atoms with Gasteiger partial charge in [0.05, 0.1) is 24.1 Å². The van der Waals surface area contributed by atoms with Crippen molar-refractivity contribution < 1.29 is 23.1 Å². The number of carbonyl (C=O) groups is 1. The van der Waals surface area contributed by atoms with Gasteiger partial charge in [-0.15, -0.1) is 0 Å². The van der Waals surface area contributed by atoms with Crippen LogP contribution in [0.4, 0.5) is 0 Å². The molecule has 0 atom stereocenters. The molecule has 1 heterocycles. The van der Waals surface area contributed by atoms with Gasteiger partial charge in [-0.25, -0.2) is 13.2 Å². The summed E-state index contributed by atoms with van der Waals surface area (Å²) in [5.41, 5.74) is 1.65. The van der Waals surface area contributed by atoms with Crippen molar-refractivity contribution in [3.05, 3.63) is 105 Å². The van der Waals surface area contributed by atoms with E-state index in [1.807, 2.05) is 30.3 Å². The van der Waals surface area contributed by atoms with Gasteiger partial charge in [0, 0.05) is 41.7 Å². The Hall–Kier alpha value is -3.50. The Morgan fingerprint density at radius 1 is 1.05 bits per heavy atom. The molecule has 0 radical (unpaired) electrons. The largest absolute Gasteiger partial charge is 0.464 e. The van der Waals surface area contributed by atoms with Crippen LogP contribution in [0.3, 0.4) is 0 Å². The van der Waals surface area contributed by atoms with Crippen LogP contribution in [0.15, 0.2) is 82.5 Å². The molecule has 0 spiro atoms. The Bertz CT molecular complexity index is 1620. The maximum absolute atomic E-state index is 13.7. The summed E-state index contributed by atoms with van der Waals surface area (Å²) in [4.78, 5) is 26.8. The number of methoxy groups -OCH3 is 1. The summed E-state index contributed by atoms with van der Waals surface area (Å²) in [6.07, 6.45) is 0.0570. The number of halogens is 1. The van der Waals surface area contributed by atoms with Crippen molar-refractivity contribution in [2.75, 3.05) is 27.3 Å². The van der Waals surface area contributed by atoms with Crippen molar-refractivity contribution in [3.8, 4) is 5.69 Å². The molecule has 0 aliphatic carbocycles. The van der Waals surface area contributed by atoms with Gasteiger partial charge in [-0.1, -0.05) is 41.9 Å². The molecule has 1 N–H and O–H groups in total. The van der Waals surface area contributed by atoms with E-state index in [0.717, 1.165) is 4.31 Å². The number of pyridine rings is 1. The predicted octanol–water partition coefficient (Wildman–Crippen LogP) is 3.63. The number of sulfonamides is 1. The summed E-state index contributed by atoms with van der Waals surface area (Å²) in [6.45, 7) is -0.336. The average Bonchev–Trinajstić information content (AvgIpc) is 2.90. The number of para-hydroxylation sites is 1. The number of esters is 1. The standard InChI is InChI=1S/C27H25ClN2O6S/c1-29(14-15-31)37(34,35)21-11-8-18(9-12-21)16-23-25(27(33)36-2)30(20-6-4-3-5-7-20)24-17-19(28)10-13-22(24)26(23)32/h3-13,17,31H,14-16H2,1-2H3. The fourth-order valence-electron chi connectivity index (χ4n) is 4.15. The number of ether oxygens (including phenoxy) is 1. The highest BCUT2D eigenvalue weighted by molar-refractivity contribution is 7.89. The van der Waals surface area contributed by atoms with E-state index >= 15 is 0 Å². The minimum Gasteiger partial charge on any atom is -0.464 e. The van der Waals surface area contributed by atoms with Crippen LogP contribution in [0.5, 0.6) is 0 Å². The third-order valence-electron chi connectivity index (χ3n) is 6.05. The van der Waals surface area contributed by atoms with Gasteiger partial charge in [-0.05, 0) is 48.0 Å². The summed E-state index contributed by atoms with van der Waals surface area (Å²) in [5, 5.41) is 9.87. The van der Waals surface area contributed by atoms with E-state index in [0.29, 0.717) is 27.2 Å². The number of aliphatic hydroxyl groups excluding tert-OH is 1. The summed E-state index contributed by atoms with van der Waals surface area (Å²) in [6, 6.07) is 20.0. The van der Waals surface area contributed by atoms with Crippen LogP contribution in [-0.2, 0) is 21.2 Å². The van der Waals surface area contributed by atoms with Crippen molar-refractivity contribution in [1.82, 2.24) is 8.87 Å². The normalized spacial score (nSPS) is 11.7. The first kappa shape index (κ1) is 26.6. The van der Waals surface area contributed by atoms with E-state index in [1.165, 1.54) is 26.3 Å². The fourth-order valence-corrected chi connectivity index (χ4v) is 5.48. The van der Waals surface area contributed by atoms with E-state index in [9.17, 15) is 18.0 Å². The summed E-state index contributed by atoms with van der Waals surface area (Å²) in [7, 11) is -1.15. The Balaban J connectivity index is 1.91. The van der Waals surface area contributed by atoms with E-state index in [2.05, 4.69) is 0 Å². The molecular formula is C27H25ClN2O6S. The van der Waals surface area contributed by atoms with Gasteiger partial charge in [-0.2, -0.15) is 4.31 Å². The Morgan fingerprint density at radius 2 is 1.73 bits per heavy atom. The first-order valence-electron chi connectivity index (χ1n) is 11.4. The van der Waals surface area contributed by atoms with Crippen molar-refractivity contribution in [3.63, 3.8) is 0 Å². The van der Waals surface area contributed by atoms with Gasteiger partial charge in [0.15, 0.2) is 5.43 Å². The fraction of sp³-hybridized carbons (Fsp3) is 0.185. The van der Waals surface area contributed by atoms with Crippen LogP contribution >= 0.6 is 11.6 Å². The van der Waals surface area contributed by atoms with E-state index in [1.54, 1.807) is 34.9 Å². The topological polar surface area (TPSA) is 106 Å². The number of hydrogen-bond acceptors (Lipinski definition) is 6. The minimum absolute atomic E-state index is 0.0350. The number of carbonyl (C=O) groups excluding carboxylic acids is 1. The van der Waals surface area contributed by atoms with Gasteiger partial charge in [0.1, 0.15) is 5.69 Å². The van der Waals surface area contributed by atoms with Crippen LogP contribution in [0.1, 0.15) is 21.6 Å². The molecule has 4 aromatic rings. The van der Waals surface area contributed by atoms with Crippen molar-refractivity contribution in [2.24, 2.45) is 0 Å². The molecule has 192 valence electrons. The molecule has 1 aromatic heterocycles. The van der Waals surface area contributed by atoms with Crippen LogP contribution in [0.25, 0.3) is 16.6 Å². The second kappa shape index (κ2) is 10.9. The van der Waals surface area contributed by atoms with Crippen molar-refractivity contribution >= 4 is 38.5 Å². The van der Waals surface area contributed by atoms with Gasteiger partial charge < -0.3 is 14.4 Å². The van der Waals surface area contributed by atoms with E-state index in [-0.39, 0.29) is 41.2 Å². The zero-order valence-corrected chi connectivity index (χ0v) is 21.8. The highest BCUT2D eigenvalue weighted by Gasteiger charge is 2.25. The van der Waals surface area contributed by atoms with Gasteiger partial charge in [0.25, 0.3) is 0 Å². The molecule has 0 unspecified atom stereocenters. The average molecular weight is 541 g/mol. The summed E-state index contributed by atoms with van der Waals surface area (Å²) < 4.78 is 33.2. The smallest absolute Gasteiger partial charge is 0.355 e. The molecule has 8 nitrogen and oxygen atoms in total. The molecule has 0 amide bonds. The second-order valence-corrected chi connectivity index (χ2v) is 10.8. The number of aliphatic hydroxyl groups is 1. The molecule has 37 heavy (non-hydrogen) atoms. The minimum atomic E-state index is -3.78.